The Kier molecular flexibility index (Phi) is 6.49. The molecule has 7 heteroatoms. The van der Waals surface area contributed by atoms with Crippen molar-refractivity contribution in [2.75, 3.05) is 17.7 Å². The molecule has 0 fully saturated rings. The number of nitrogens with one attached hydrogen (secondary N) is 1. The van der Waals surface area contributed by atoms with Crippen LogP contribution in [0.25, 0.3) is 0 Å². The highest BCUT2D eigenvalue weighted by Gasteiger charge is 2.07. The second-order valence-electron chi connectivity index (χ2n) is 4.18. The summed E-state index contributed by atoms with van der Waals surface area (Å²) >= 11 is 2.99. The lowest BCUT2D eigenvalue weighted by atomic mass is 10.3. The molecule has 0 radical (unpaired) electrons. The topological polar surface area (TPSA) is 64.1 Å². The Morgan fingerprint density at radius 3 is 2.90 bits per heavy atom. The molecule has 21 heavy (non-hydrogen) atoms. The predicted molar refractivity (Wildman–Crippen MR) is 86.2 cm³/mol. The van der Waals surface area contributed by atoms with Crippen molar-refractivity contribution in [2.45, 2.75) is 24.1 Å². The van der Waals surface area contributed by atoms with Crippen molar-refractivity contribution in [1.82, 2.24) is 10.2 Å². The SMILES string of the molecule is CCCOC(=O)CCSc1nnc(Nc2ccccc2)s1. The van der Waals surface area contributed by atoms with Crippen molar-refractivity contribution >= 4 is 39.9 Å². The molecule has 0 saturated carbocycles. The summed E-state index contributed by atoms with van der Waals surface area (Å²) in [6, 6.07) is 9.82. The second-order valence-corrected chi connectivity index (χ2v) is 6.50. The Hall–Kier alpha value is -1.60. The summed E-state index contributed by atoms with van der Waals surface area (Å²) in [5.74, 6) is 0.499. The van der Waals surface area contributed by atoms with E-state index in [0.29, 0.717) is 18.8 Å². The number of rotatable bonds is 8. The normalized spacial score (nSPS) is 10.3. The van der Waals surface area contributed by atoms with E-state index in [1.165, 1.54) is 23.1 Å². The zero-order chi connectivity index (χ0) is 14.9. The van der Waals surface area contributed by atoms with E-state index in [9.17, 15) is 4.79 Å². The van der Waals surface area contributed by atoms with Gasteiger partial charge in [-0.1, -0.05) is 48.2 Å². The Morgan fingerprint density at radius 1 is 1.33 bits per heavy atom. The van der Waals surface area contributed by atoms with Crippen LogP contribution in [0.5, 0.6) is 0 Å². The third kappa shape index (κ3) is 5.73. The number of esters is 1. The van der Waals surface area contributed by atoms with E-state index in [4.69, 9.17) is 4.74 Å². The summed E-state index contributed by atoms with van der Waals surface area (Å²) in [5, 5.41) is 12.1. The first-order valence-corrected chi connectivity index (χ1v) is 8.52. The minimum absolute atomic E-state index is 0.156. The number of carbonyl (C=O) groups is 1. The van der Waals surface area contributed by atoms with Crippen molar-refractivity contribution in [3.8, 4) is 0 Å². The molecule has 0 aliphatic heterocycles. The number of anilines is 2. The number of hydrogen-bond donors (Lipinski definition) is 1. The maximum atomic E-state index is 11.4. The molecule has 0 amide bonds. The highest BCUT2D eigenvalue weighted by Crippen LogP contribution is 2.27. The Labute approximate surface area is 132 Å². The monoisotopic (exact) mass is 323 g/mol. The van der Waals surface area contributed by atoms with Gasteiger partial charge >= 0.3 is 5.97 Å². The average Bonchev–Trinajstić information content (AvgIpc) is 2.93. The van der Waals surface area contributed by atoms with Crippen LogP contribution in [0.15, 0.2) is 34.7 Å². The largest absolute Gasteiger partial charge is 0.466 e. The Morgan fingerprint density at radius 2 is 2.14 bits per heavy atom. The molecule has 2 aromatic rings. The molecular weight excluding hydrogens is 306 g/mol. The molecule has 1 aromatic heterocycles. The fourth-order valence-electron chi connectivity index (χ4n) is 1.47. The molecule has 0 bridgehead atoms. The van der Waals surface area contributed by atoms with Gasteiger partial charge in [0.1, 0.15) is 0 Å². The van der Waals surface area contributed by atoms with Crippen LogP contribution in [0.4, 0.5) is 10.8 Å². The zero-order valence-electron chi connectivity index (χ0n) is 11.7. The molecule has 1 N–H and O–H groups in total. The quantitative estimate of drug-likeness (QED) is 0.590. The minimum Gasteiger partial charge on any atom is -0.466 e. The first kappa shape index (κ1) is 15.8. The first-order valence-electron chi connectivity index (χ1n) is 6.72. The number of hydrogen-bond acceptors (Lipinski definition) is 7. The summed E-state index contributed by atoms with van der Waals surface area (Å²) < 4.78 is 5.86. The van der Waals surface area contributed by atoms with Crippen LogP contribution in [-0.2, 0) is 9.53 Å². The van der Waals surface area contributed by atoms with E-state index in [-0.39, 0.29) is 5.97 Å². The number of para-hydroxylation sites is 1. The number of aromatic nitrogens is 2. The fourth-order valence-corrected chi connectivity index (χ4v) is 3.24. The highest BCUT2D eigenvalue weighted by molar-refractivity contribution is 8.01. The third-order valence-corrected chi connectivity index (χ3v) is 4.40. The lowest BCUT2D eigenvalue weighted by Gasteiger charge is -2.01. The highest BCUT2D eigenvalue weighted by atomic mass is 32.2. The predicted octanol–water partition coefficient (Wildman–Crippen LogP) is 3.72. The summed E-state index contributed by atoms with van der Waals surface area (Å²) in [6.07, 6.45) is 1.25. The lowest BCUT2D eigenvalue weighted by molar-refractivity contribution is -0.143. The summed E-state index contributed by atoms with van der Waals surface area (Å²) in [6.45, 7) is 2.47. The van der Waals surface area contributed by atoms with Crippen molar-refractivity contribution in [2.24, 2.45) is 0 Å². The summed E-state index contributed by atoms with van der Waals surface area (Å²) in [5.41, 5.74) is 0.980. The van der Waals surface area contributed by atoms with E-state index < -0.39 is 0 Å². The number of benzene rings is 1. The third-order valence-electron chi connectivity index (χ3n) is 2.43. The van der Waals surface area contributed by atoms with Crippen molar-refractivity contribution in [3.63, 3.8) is 0 Å². The van der Waals surface area contributed by atoms with Gasteiger partial charge in [0, 0.05) is 11.4 Å². The summed E-state index contributed by atoms with van der Waals surface area (Å²) in [7, 11) is 0. The van der Waals surface area contributed by atoms with Gasteiger partial charge in [-0.05, 0) is 18.6 Å². The van der Waals surface area contributed by atoms with Crippen molar-refractivity contribution in [1.29, 1.82) is 0 Å². The lowest BCUT2D eigenvalue weighted by Crippen LogP contribution is -2.05. The molecule has 0 spiro atoms. The zero-order valence-corrected chi connectivity index (χ0v) is 13.4. The van der Waals surface area contributed by atoms with Crippen LogP contribution < -0.4 is 5.32 Å². The van der Waals surface area contributed by atoms with Crippen LogP contribution in [0.3, 0.4) is 0 Å². The average molecular weight is 323 g/mol. The molecular formula is C14H17N3O2S2. The molecule has 0 unspecified atom stereocenters. The number of thioether (sulfide) groups is 1. The van der Waals surface area contributed by atoms with Gasteiger partial charge < -0.3 is 10.1 Å². The van der Waals surface area contributed by atoms with Gasteiger partial charge in [0.15, 0.2) is 4.34 Å². The molecule has 112 valence electrons. The smallest absolute Gasteiger partial charge is 0.306 e. The molecule has 2 rings (SSSR count). The minimum atomic E-state index is -0.156. The molecule has 0 aliphatic rings. The molecule has 1 heterocycles. The van der Waals surface area contributed by atoms with E-state index >= 15 is 0 Å². The van der Waals surface area contributed by atoms with Gasteiger partial charge in [-0.25, -0.2) is 0 Å². The van der Waals surface area contributed by atoms with Gasteiger partial charge in [0.25, 0.3) is 0 Å². The number of ether oxygens (including phenoxy) is 1. The maximum absolute atomic E-state index is 11.4. The molecule has 5 nitrogen and oxygen atoms in total. The first-order chi connectivity index (χ1) is 10.3. The van der Waals surface area contributed by atoms with Crippen LogP contribution in [-0.4, -0.2) is 28.5 Å². The van der Waals surface area contributed by atoms with Gasteiger partial charge in [-0.15, -0.1) is 10.2 Å². The van der Waals surface area contributed by atoms with Gasteiger partial charge in [0.05, 0.1) is 13.0 Å². The van der Waals surface area contributed by atoms with Crippen LogP contribution in [0.2, 0.25) is 0 Å². The van der Waals surface area contributed by atoms with Crippen molar-refractivity contribution < 1.29 is 9.53 Å². The standard InChI is InChI=1S/C14H17N3O2S2/c1-2-9-19-12(18)8-10-20-14-17-16-13(21-14)15-11-6-4-3-5-7-11/h3-7H,2,8-10H2,1H3,(H,15,16). The molecule has 0 aliphatic carbocycles. The maximum Gasteiger partial charge on any atom is 0.306 e. The molecule has 1 aromatic carbocycles. The van der Waals surface area contributed by atoms with Gasteiger partial charge in [-0.3, -0.25) is 4.79 Å². The van der Waals surface area contributed by atoms with Gasteiger partial charge in [-0.2, -0.15) is 0 Å². The van der Waals surface area contributed by atoms with E-state index in [1.807, 2.05) is 37.3 Å². The van der Waals surface area contributed by atoms with Crippen LogP contribution in [0, 0.1) is 0 Å². The van der Waals surface area contributed by atoms with Crippen molar-refractivity contribution in [3.05, 3.63) is 30.3 Å². The number of carbonyl (C=O) groups excluding carboxylic acids is 1. The second kappa shape index (κ2) is 8.63. The molecule has 0 saturated heterocycles. The summed E-state index contributed by atoms with van der Waals surface area (Å²) in [4.78, 5) is 11.4. The fraction of sp³-hybridized carbons (Fsp3) is 0.357. The molecule has 0 atom stereocenters. The van der Waals surface area contributed by atoms with Gasteiger partial charge in [0.2, 0.25) is 5.13 Å². The Bertz CT molecular complexity index is 560. The van der Waals surface area contributed by atoms with Crippen LogP contribution in [0.1, 0.15) is 19.8 Å². The van der Waals surface area contributed by atoms with E-state index in [1.54, 1.807) is 0 Å². The van der Waals surface area contributed by atoms with E-state index in [0.717, 1.165) is 21.6 Å². The number of nitrogens with zero attached hydrogens (tertiary/aromatic N) is 2. The van der Waals surface area contributed by atoms with Crippen LogP contribution >= 0.6 is 23.1 Å². The van der Waals surface area contributed by atoms with E-state index in [2.05, 4.69) is 15.5 Å². The Balaban J connectivity index is 1.74.